The quantitative estimate of drug-likeness (QED) is 0.588. The van der Waals surface area contributed by atoms with E-state index in [1.54, 1.807) is 0 Å². The number of nitrogens with one attached hydrogen (secondary N) is 1. The molecule has 0 amide bonds. The third-order valence-electron chi connectivity index (χ3n) is 2.41. The molecule has 1 rings (SSSR count). The summed E-state index contributed by atoms with van der Waals surface area (Å²) in [6, 6.07) is 0. The van der Waals surface area contributed by atoms with E-state index in [0.29, 0.717) is 6.54 Å². The third-order valence-corrected chi connectivity index (χ3v) is 2.41. The van der Waals surface area contributed by atoms with Gasteiger partial charge in [0.25, 0.3) is 0 Å². The zero-order valence-corrected chi connectivity index (χ0v) is 7.55. The van der Waals surface area contributed by atoms with Crippen molar-refractivity contribution in [3.63, 3.8) is 0 Å². The molecule has 0 aliphatic heterocycles. The fourth-order valence-corrected chi connectivity index (χ4v) is 1.36. The van der Waals surface area contributed by atoms with Gasteiger partial charge in [0.2, 0.25) is 0 Å². The van der Waals surface area contributed by atoms with Crippen LogP contribution in [0.5, 0.6) is 0 Å². The molecule has 0 aromatic carbocycles. The summed E-state index contributed by atoms with van der Waals surface area (Å²) in [4.78, 5) is 10.2. The van der Waals surface area contributed by atoms with E-state index in [1.807, 2.05) is 0 Å². The van der Waals surface area contributed by atoms with Gasteiger partial charge in [-0.3, -0.25) is 4.79 Å². The van der Waals surface area contributed by atoms with E-state index in [4.69, 9.17) is 5.11 Å². The molecule has 0 bridgehead atoms. The SMILES string of the molecule is CC(CNCCC(=O)O)C1CC1. The Kier molecular flexibility index (Phi) is 3.53. The first-order valence-electron chi connectivity index (χ1n) is 4.62. The molecule has 0 aromatic rings. The van der Waals surface area contributed by atoms with E-state index in [0.717, 1.165) is 18.4 Å². The first-order valence-corrected chi connectivity index (χ1v) is 4.62. The summed E-state index contributed by atoms with van der Waals surface area (Å²) in [5.41, 5.74) is 0. The number of carboxylic acid groups (broad SMARTS) is 1. The summed E-state index contributed by atoms with van der Waals surface area (Å²) in [5, 5.41) is 11.5. The number of aliphatic carboxylic acids is 1. The van der Waals surface area contributed by atoms with Crippen LogP contribution in [0.3, 0.4) is 0 Å². The van der Waals surface area contributed by atoms with E-state index in [2.05, 4.69) is 12.2 Å². The molecule has 12 heavy (non-hydrogen) atoms. The predicted octanol–water partition coefficient (Wildman–Crippen LogP) is 1.10. The van der Waals surface area contributed by atoms with Crippen molar-refractivity contribution in [2.45, 2.75) is 26.2 Å². The number of carbonyl (C=O) groups is 1. The van der Waals surface area contributed by atoms with Crippen LogP contribution in [0, 0.1) is 11.8 Å². The Morgan fingerprint density at radius 2 is 2.33 bits per heavy atom. The molecule has 1 aliphatic rings. The van der Waals surface area contributed by atoms with Gasteiger partial charge in [0.1, 0.15) is 0 Å². The molecule has 1 saturated carbocycles. The highest BCUT2D eigenvalue weighted by atomic mass is 16.4. The Balaban J connectivity index is 1.90. The number of hydrogen-bond donors (Lipinski definition) is 2. The molecule has 1 atom stereocenters. The van der Waals surface area contributed by atoms with Gasteiger partial charge in [0.05, 0.1) is 6.42 Å². The molecule has 3 nitrogen and oxygen atoms in total. The van der Waals surface area contributed by atoms with Crippen LogP contribution >= 0.6 is 0 Å². The number of hydrogen-bond acceptors (Lipinski definition) is 2. The summed E-state index contributed by atoms with van der Waals surface area (Å²) in [6.45, 7) is 3.80. The van der Waals surface area contributed by atoms with Crippen molar-refractivity contribution in [3.8, 4) is 0 Å². The van der Waals surface area contributed by atoms with E-state index >= 15 is 0 Å². The fraction of sp³-hybridized carbons (Fsp3) is 0.889. The van der Waals surface area contributed by atoms with Gasteiger partial charge >= 0.3 is 5.97 Å². The molecule has 1 aliphatic carbocycles. The van der Waals surface area contributed by atoms with E-state index in [-0.39, 0.29) is 6.42 Å². The van der Waals surface area contributed by atoms with Crippen LogP contribution in [0.1, 0.15) is 26.2 Å². The highest BCUT2D eigenvalue weighted by Crippen LogP contribution is 2.35. The highest BCUT2D eigenvalue weighted by molar-refractivity contribution is 5.66. The van der Waals surface area contributed by atoms with Gasteiger partial charge in [0.15, 0.2) is 0 Å². The highest BCUT2D eigenvalue weighted by Gasteiger charge is 2.27. The first kappa shape index (κ1) is 9.52. The molecule has 3 heteroatoms. The minimum atomic E-state index is -0.721. The second-order valence-corrected chi connectivity index (χ2v) is 3.66. The number of carboxylic acids is 1. The molecule has 0 heterocycles. The van der Waals surface area contributed by atoms with Gasteiger partial charge in [-0.05, 0) is 31.2 Å². The summed E-state index contributed by atoms with van der Waals surface area (Å²) in [7, 11) is 0. The third kappa shape index (κ3) is 3.72. The van der Waals surface area contributed by atoms with Gasteiger partial charge in [-0.1, -0.05) is 6.92 Å². The molecule has 1 unspecified atom stereocenters. The topological polar surface area (TPSA) is 49.3 Å². The van der Waals surface area contributed by atoms with Gasteiger partial charge in [-0.2, -0.15) is 0 Å². The Morgan fingerprint density at radius 3 is 2.83 bits per heavy atom. The Morgan fingerprint density at radius 1 is 1.67 bits per heavy atom. The molecule has 0 radical (unpaired) electrons. The van der Waals surface area contributed by atoms with Crippen LogP contribution < -0.4 is 5.32 Å². The maximum atomic E-state index is 10.2. The maximum Gasteiger partial charge on any atom is 0.304 e. The first-order chi connectivity index (χ1) is 5.70. The van der Waals surface area contributed by atoms with Gasteiger partial charge in [0, 0.05) is 6.54 Å². The van der Waals surface area contributed by atoms with Crippen LogP contribution in [-0.4, -0.2) is 24.2 Å². The zero-order chi connectivity index (χ0) is 8.97. The zero-order valence-electron chi connectivity index (χ0n) is 7.55. The smallest absolute Gasteiger partial charge is 0.304 e. The molecule has 70 valence electrons. The van der Waals surface area contributed by atoms with Crippen molar-refractivity contribution >= 4 is 5.97 Å². The molecule has 0 spiro atoms. The average Bonchev–Trinajstić information content (AvgIpc) is 2.79. The summed E-state index contributed by atoms with van der Waals surface area (Å²) < 4.78 is 0. The lowest BCUT2D eigenvalue weighted by Gasteiger charge is -2.09. The second-order valence-electron chi connectivity index (χ2n) is 3.66. The minimum absolute atomic E-state index is 0.234. The van der Waals surface area contributed by atoms with Crippen LogP contribution in [-0.2, 0) is 4.79 Å². The van der Waals surface area contributed by atoms with Crippen molar-refractivity contribution in [3.05, 3.63) is 0 Å². The largest absolute Gasteiger partial charge is 0.481 e. The van der Waals surface area contributed by atoms with Crippen molar-refractivity contribution in [2.24, 2.45) is 11.8 Å². The van der Waals surface area contributed by atoms with Crippen molar-refractivity contribution in [1.29, 1.82) is 0 Å². The predicted molar refractivity (Wildman–Crippen MR) is 47.0 cm³/mol. The Labute approximate surface area is 73.2 Å². The fourth-order valence-electron chi connectivity index (χ4n) is 1.36. The lowest BCUT2D eigenvalue weighted by Crippen LogP contribution is -2.24. The Bertz CT molecular complexity index is 155. The van der Waals surface area contributed by atoms with Crippen LogP contribution in [0.25, 0.3) is 0 Å². The number of rotatable bonds is 6. The van der Waals surface area contributed by atoms with Crippen molar-refractivity contribution in [2.75, 3.05) is 13.1 Å². The minimum Gasteiger partial charge on any atom is -0.481 e. The van der Waals surface area contributed by atoms with E-state index in [9.17, 15) is 4.79 Å². The van der Waals surface area contributed by atoms with E-state index in [1.165, 1.54) is 12.8 Å². The van der Waals surface area contributed by atoms with Gasteiger partial charge in [-0.15, -0.1) is 0 Å². The average molecular weight is 171 g/mol. The lowest BCUT2D eigenvalue weighted by atomic mass is 10.1. The summed E-state index contributed by atoms with van der Waals surface area (Å²) in [6.07, 6.45) is 2.96. The van der Waals surface area contributed by atoms with Gasteiger partial charge < -0.3 is 10.4 Å². The molecule has 2 N–H and O–H groups in total. The standard InChI is InChI=1S/C9H17NO2/c1-7(8-2-3-8)6-10-5-4-9(11)12/h7-8,10H,2-6H2,1H3,(H,11,12). The van der Waals surface area contributed by atoms with Crippen LogP contribution in [0.2, 0.25) is 0 Å². The summed E-state index contributed by atoms with van der Waals surface area (Å²) in [5.74, 6) is 0.905. The molecule has 1 fully saturated rings. The van der Waals surface area contributed by atoms with Crippen LogP contribution in [0.15, 0.2) is 0 Å². The molecule has 0 saturated heterocycles. The Hall–Kier alpha value is -0.570. The molecular formula is C9H17NO2. The second kappa shape index (κ2) is 4.45. The van der Waals surface area contributed by atoms with E-state index < -0.39 is 5.97 Å². The van der Waals surface area contributed by atoms with Gasteiger partial charge in [-0.25, -0.2) is 0 Å². The monoisotopic (exact) mass is 171 g/mol. The summed E-state index contributed by atoms with van der Waals surface area (Å²) >= 11 is 0. The lowest BCUT2D eigenvalue weighted by molar-refractivity contribution is -0.136. The normalized spacial score (nSPS) is 19.1. The maximum absolute atomic E-state index is 10.2. The molecule has 0 aromatic heterocycles. The van der Waals surface area contributed by atoms with Crippen LogP contribution in [0.4, 0.5) is 0 Å². The van der Waals surface area contributed by atoms with Crippen molar-refractivity contribution in [1.82, 2.24) is 5.32 Å². The van der Waals surface area contributed by atoms with Crippen molar-refractivity contribution < 1.29 is 9.90 Å². The molecular weight excluding hydrogens is 154 g/mol.